The molecule has 18 heavy (non-hydrogen) atoms. The molecule has 0 radical (unpaired) electrons. The topological polar surface area (TPSA) is 6.48 Å². The quantitative estimate of drug-likeness (QED) is 0.553. The Morgan fingerprint density at radius 2 is 1.50 bits per heavy atom. The second-order valence-corrected chi connectivity index (χ2v) is 6.32. The monoisotopic (exact) mass is 284 g/mol. The number of nitrogens with zero attached hydrogens (tertiary/aromatic N) is 2. The summed E-state index contributed by atoms with van der Waals surface area (Å²) in [7, 11) is 6.35. The maximum Gasteiger partial charge on any atom is 0.0798 e. The molecule has 0 unspecified atom stereocenters. The van der Waals surface area contributed by atoms with Gasteiger partial charge in [0.15, 0.2) is 0 Å². The zero-order chi connectivity index (χ0) is 13.9. The minimum atomic E-state index is 0.475. The van der Waals surface area contributed by atoms with Crippen LogP contribution >= 0.6 is 24.4 Å². The third-order valence-corrected chi connectivity index (χ3v) is 4.18. The van der Waals surface area contributed by atoms with Gasteiger partial charge in [0.05, 0.1) is 14.7 Å². The van der Waals surface area contributed by atoms with Crippen LogP contribution in [0.15, 0.2) is 0 Å². The highest BCUT2D eigenvalue weighted by molar-refractivity contribution is 7.74. The molecular formula is C14H24N2S2. The first-order valence-corrected chi connectivity index (χ1v) is 7.37. The summed E-state index contributed by atoms with van der Waals surface area (Å²) in [6.45, 7) is 6.57. The molecule has 0 fully saturated rings. The summed E-state index contributed by atoms with van der Waals surface area (Å²) in [5, 5.41) is 0. The molecule has 0 N–H and O–H groups in total. The van der Waals surface area contributed by atoms with Crippen LogP contribution in [-0.2, 0) is 0 Å². The first-order valence-electron chi connectivity index (χ1n) is 6.55. The highest BCUT2D eigenvalue weighted by Crippen LogP contribution is 2.35. The van der Waals surface area contributed by atoms with E-state index in [2.05, 4.69) is 44.8 Å². The normalized spacial score (nSPS) is 11.7. The molecule has 0 aromatic heterocycles. The Hall–Kier alpha value is -0.320. The summed E-state index contributed by atoms with van der Waals surface area (Å²) in [6, 6.07) is 0. The van der Waals surface area contributed by atoms with Crippen LogP contribution in [-0.4, -0.2) is 39.1 Å². The second kappa shape index (κ2) is 6.73. The Bertz CT molecular complexity index is 456. The van der Waals surface area contributed by atoms with Crippen molar-refractivity contribution in [2.24, 2.45) is 0 Å². The fourth-order valence-corrected chi connectivity index (χ4v) is 3.01. The van der Waals surface area contributed by atoms with Crippen molar-refractivity contribution >= 4 is 30.1 Å². The smallest absolute Gasteiger partial charge is 0.0798 e. The van der Waals surface area contributed by atoms with E-state index in [1.165, 1.54) is 24.1 Å². The van der Waals surface area contributed by atoms with E-state index in [0.717, 1.165) is 22.1 Å². The molecule has 0 heterocycles. The average molecular weight is 284 g/mol. The summed E-state index contributed by atoms with van der Waals surface area (Å²) in [5.74, 6) is 0.475. The predicted octanol–water partition coefficient (Wildman–Crippen LogP) is 3.92. The number of hydrogen-bond donors (Lipinski definition) is 0. The van der Waals surface area contributed by atoms with Crippen LogP contribution in [0.3, 0.4) is 0 Å². The maximum atomic E-state index is 5.37. The van der Waals surface area contributed by atoms with Gasteiger partial charge in [0.2, 0.25) is 0 Å². The van der Waals surface area contributed by atoms with Crippen LogP contribution in [0.5, 0.6) is 0 Å². The molecule has 1 aromatic carbocycles. The lowest BCUT2D eigenvalue weighted by atomic mass is 9.96. The van der Waals surface area contributed by atoms with Crippen molar-refractivity contribution in [3.8, 4) is 0 Å². The Morgan fingerprint density at radius 1 is 0.944 bits per heavy atom. The summed E-state index contributed by atoms with van der Waals surface area (Å²) in [6.07, 6.45) is 2.41. The van der Waals surface area contributed by atoms with E-state index in [9.17, 15) is 0 Å². The zero-order valence-electron chi connectivity index (χ0n) is 12.1. The van der Waals surface area contributed by atoms with E-state index in [-0.39, 0.29) is 0 Å². The number of unbranched alkanes of at least 4 members (excludes halogenated alkanes) is 1. The number of rotatable bonds is 7. The van der Waals surface area contributed by atoms with Gasteiger partial charge in [-0.2, -0.15) is 0 Å². The Kier molecular flexibility index (Phi) is 5.89. The predicted molar refractivity (Wildman–Crippen MR) is 85.6 cm³/mol. The molecule has 2 nitrogen and oxygen atoms in total. The van der Waals surface area contributed by atoms with Crippen LogP contribution in [0.2, 0.25) is 0 Å². The fourth-order valence-electron chi connectivity index (χ4n) is 2.20. The highest BCUT2D eigenvalue weighted by Gasteiger charge is 2.20. The van der Waals surface area contributed by atoms with Crippen molar-refractivity contribution < 1.29 is 0 Å². The third kappa shape index (κ3) is 3.59. The molecule has 0 aliphatic carbocycles. The van der Waals surface area contributed by atoms with Gasteiger partial charge in [0.1, 0.15) is 0 Å². The average Bonchev–Trinajstić information content (AvgIpc) is 2.28. The SMILES string of the molecule is CC(C)c1c(N(C)CCCCN(C)C)c(=S)c1=S. The molecule has 1 rings (SSSR count). The van der Waals surface area contributed by atoms with E-state index in [0.29, 0.717) is 5.92 Å². The molecule has 1 aromatic rings. The number of hydrogen-bond acceptors (Lipinski definition) is 4. The van der Waals surface area contributed by atoms with Crippen molar-refractivity contribution in [2.75, 3.05) is 39.1 Å². The lowest BCUT2D eigenvalue weighted by Crippen LogP contribution is -2.24. The molecule has 0 atom stereocenters. The summed E-state index contributed by atoms with van der Waals surface area (Å²) in [5.41, 5.74) is 2.50. The van der Waals surface area contributed by atoms with Crippen LogP contribution in [0.1, 0.15) is 38.2 Å². The van der Waals surface area contributed by atoms with Gasteiger partial charge < -0.3 is 9.80 Å². The lowest BCUT2D eigenvalue weighted by molar-refractivity contribution is 0.395. The van der Waals surface area contributed by atoms with Gasteiger partial charge in [-0.3, -0.25) is 0 Å². The first-order chi connectivity index (χ1) is 8.36. The van der Waals surface area contributed by atoms with Gasteiger partial charge >= 0.3 is 0 Å². The summed E-state index contributed by atoms with van der Waals surface area (Å²) < 4.78 is 1.80. The molecule has 0 saturated heterocycles. The minimum absolute atomic E-state index is 0.475. The van der Waals surface area contributed by atoms with Crippen LogP contribution < -0.4 is 4.90 Å². The van der Waals surface area contributed by atoms with Crippen molar-refractivity contribution in [1.82, 2.24) is 4.90 Å². The first kappa shape index (κ1) is 15.7. The third-order valence-electron chi connectivity index (χ3n) is 3.23. The molecule has 4 heteroatoms. The van der Waals surface area contributed by atoms with Crippen LogP contribution in [0.25, 0.3) is 0 Å². The van der Waals surface area contributed by atoms with Crippen molar-refractivity contribution in [2.45, 2.75) is 32.6 Å². The van der Waals surface area contributed by atoms with Gasteiger partial charge in [-0.1, -0.05) is 38.3 Å². The van der Waals surface area contributed by atoms with E-state index in [1.807, 2.05) is 0 Å². The lowest BCUT2D eigenvalue weighted by Gasteiger charge is -2.27. The molecule has 102 valence electrons. The van der Waals surface area contributed by atoms with Crippen LogP contribution in [0, 0.1) is 9.02 Å². The van der Waals surface area contributed by atoms with Crippen molar-refractivity contribution in [3.63, 3.8) is 0 Å². The van der Waals surface area contributed by atoms with Gasteiger partial charge in [-0.25, -0.2) is 0 Å². The fraction of sp³-hybridized carbons (Fsp3) is 0.714. The van der Waals surface area contributed by atoms with Crippen LogP contribution in [0.4, 0.5) is 5.69 Å². The van der Waals surface area contributed by atoms with E-state index < -0.39 is 0 Å². The zero-order valence-corrected chi connectivity index (χ0v) is 13.7. The molecule has 0 bridgehead atoms. The van der Waals surface area contributed by atoms with Gasteiger partial charge in [-0.05, 0) is 45.0 Å². The van der Waals surface area contributed by atoms with Gasteiger partial charge in [-0.15, -0.1) is 0 Å². The van der Waals surface area contributed by atoms with Crippen molar-refractivity contribution in [3.05, 3.63) is 14.6 Å². The highest BCUT2D eigenvalue weighted by atomic mass is 32.1. The Balaban J connectivity index is 2.57. The Morgan fingerprint density at radius 3 is 2.00 bits per heavy atom. The molecule has 0 aliphatic heterocycles. The van der Waals surface area contributed by atoms with Gasteiger partial charge in [0, 0.05) is 13.6 Å². The maximum absolute atomic E-state index is 5.37. The van der Waals surface area contributed by atoms with E-state index in [4.69, 9.17) is 24.4 Å². The largest absolute Gasteiger partial charge is 0.373 e. The second-order valence-electron chi connectivity index (χ2n) is 5.51. The summed E-state index contributed by atoms with van der Waals surface area (Å²) >= 11 is 10.7. The molecule has 0 saturated carbocycles. The molecule has 0 aliphatic rings. The summed E-state index contributed by atoms with van der Waals surface area (Å²) in [4.78, 5) is 4.51. The van der Waals surface area contributed by atoms with E-state index >= 15 is 0 Å². The number of anilines is 1. The van der Waals surface area contributed by atoms with Gasteiger partial charge in [0.25, 0.3) is 0 Å². The minimum Gasteiger partial charge on any atom is -0.373 e. The Labute approximate surface area is 121 Å². The molecular weight excluding hydrogens is 260 g/mol. The van der Waals surface area contributed by atoms with Crippen molar-refractivity contribution in [1.29, 1.82) is 0 Å². The standard InChI is InChI=1S/C14H24N2S2/c1-10(2)11-12(14(18)13(11)17)16(5)9-7-6-8-15(3)4/h10H,6-9H2,1-5H3. The van der Waals surface area contributed by atoms with E-state index in [1.54, 1.807) is 0 Å². The molecule has 0 spiro atoms. The molecule has 0 amide bonds.